The van der Waals surface area contributed by atoms with Crippen LogP contribution < -0.4 is 5.32 Å². The number of amides is 1. The number of carbonyl (C=O) groups excluding carboxylic acids is 1. The minimum absolute atomic E-state index is 0.0563. The summed E-state index contributed by atoms with van der Waals surface area (Å²) in [6.07, 6.45) is 49.7. The lowest BCUT2D eigenvalue weighted by atomic mass is 10.0. The van der Waals surface area contributed by atoms with E-state index in [9.17, 15) is 19.4 Å². The average Bonchev–Trinajstić information content (AvgIpc) is 3.16. The van der Waals surface area contributed by atoms with E-state index in [1.165, 1.54) is 154 Å². The van der Waals surface area contributed by atoms with E-state index >= 15 is 0 Å². The van der Waals surface area contributed by atoms with Crippen molar-refractivity contribution < 1.29 is 32.9 Å². The molecule has 3 atom stereocenters. The van der Waals surface area contributed by atoms with Crippen molar-refractivity contribution in [1.29, 1.82) is 0 Å². The van der Waals surface area contributed by atoms with Crippen LogP contribution in [-0.2, 0) is 18.4 Å². The zero-order valence-corrected chi connectivity index (χ0v) is 39.0. The Morgan fingerprint density at radius 3 is 1.46 bits per heavy atom. The topological polar surface area (TPSA) is 105 Å². The number of aliphatic hydroxyl groups is 1. The Morgan fingerprint density at radius 1 is 0.579 bits per heavy atom. The van der Waals surface area contributed by atoms with Crippen molar-refractivity contribution in [3.63, 3.8) is 0 Å². The zero-order chi connectivity index (χ0) is 42.1. The molecule has 9 heteroatoms. The largest absolute Gasteiger partial charge is 0.472 e. The molecule has 57 heavy (non-hydrogen) atoms. The van der Waals surface area contributed by atoms with Crippen LogP contribution in [0.3, 0.4) is 0 Å². The molecule has 0 bridgehead atoms. The molecule has 0 fully saturated rings. The van der Waals surface area contributed by atoms with Gasteiger partial charge < -0.3 is 19.8 Å². The number of nitrogens with one attached hydrogen (secondary N) is 1. The molecular formula is C48H94N2O6P+. The van der Waals surface area contributed by atoms with Crippen molar-refractivity contribution in [2.75, 3.05) is 40.9 Å². The van der Waals surface area contributed by atoms with E-state index in [1.54, 1.807) is 6.08 Å². The fourth-order valence-electron chi connectivity index (χ4n) is 6.74. The minimum atomic E-state index is -4.34. The predicted molar refractivity (Wildman–Crippen MR) is 244 cm³/mol. The quantitative estimate of drug-likeness (QED) is 0.0245. The van der Waals surface area contributed by atoms with Gasteiger partial charge in [0, 0.05) is 6.42 Å². The molecule has 0 saturated heterocycles. The van der Waals surface area contributed by atoms with Gasteiger partial charge in [-0.3, -0.25) is 13.8 Å². The second kappa shape index (κ2) is 40.1. The van der Waals surface area contributed by atoms with Crippen LogP contribution in [0, 0.1) is 0 Å². The summed E-state index contributed by atoms with van der Waals surface area (Å²) in [4.78, 5) is 23.0. The molecule has 0 rings (SSSR count). The van der Waals surface area contributed by atoms with Crippen LogP contribution in [0.4, 0.5) is 0 Å². The van der Waals surface area contributed by atoms with Crippen LogP contribution in [0.2, 0.25) is 0 Å². The zero-order valence-electron chi connectivity index (χ0n) is 38.1. The van der Waals surface area contributed by atoms with Crippen molar-refractivity contribution in [3.05, 3.63) is 36.5 Å². The highest BCUT2D eigenvalue weighted by atomic mass is 31.2. The van der Waals surface area contributed by atoms with Gasteiger partial charge in [-0.2, -0.15) is 0 Å². The molecule has 0 radical (unpaired) electrons. The average molecular weight is 826 g/mol. The number of carbonyl (C=O) groups is 1. The summed E-state index contributed by atoms with van der Waals surface area (Å²) in [6, 6.07) is -0.858. The number of quaternary nitrogens is 1. The van der Waals surface area contributed by atoms with Crippen LogP contribution in [0.25, 0.3) is 0 Å². The Balaban J connectivity index is 4.05. The number of nitrogens with zero attached hydrogens (tertiary/aromatic N) is 1. The van der Waals surface area contributed by atoms with Gasteiger partial charge in [-0.1, -0.05) is 192 Å². The van der Waals surface area contributed by atoms with Crippen LogP contribution in [0.1, 0.15) is 213 Å². The van der Waals surface area contributed by atoms with Gasteiger partial charge in [-0.05, 0) is 51.4 Å². The maximum Gasteiger partial charge on any atom is 0.472 e. The molecule has 8 nitrogen and oxygen atoms in total. The summed E-state index contributed by atoms with van der Waals surface area (Å²) in [7, 11) is 1.55. The fraction of sp³-hybridized carbons (Fsp3) is 0.854. The highest BCUT2D eigenvalue weighted by Crippen LogP contribution is 2.43. The summed E-state index contributed by atoms with van der Waals surface area (Å²) >= 11 is 0. The monoisotopic (exact) mass is 826 g/mol. The summed E-state index contributed by atoms with van der Waals surface area (Å²) in [6.45, 7) is 4.72. The van der Waals surface area contributed by atoms with Crippen LogP contribution in [-0.4, -0.2) is 73.4 Å². The molecule has 3 unspecified atom stereocenters. The molecule has 336 valence electrons. The number of likely N-dealkylation sites (N-methyl/N-ethyl adjacent to an activating group) is 1. The van der Waals surface area contributed by atoms with Gasteiger partial charge in [0.2, 0.25) is 5.91 Å². The number of allylic oxidation sites excluding steroid dienone is 5. The fourth-order valence-corrected chi connectivity index (χ4v) is 7.48. The molecular weight excluding hydrogens is 732 g/mol. The minimum Gasteiger partial charge on any atom is -0.387 e. The van der Waals surface area contributed by atoms with Crippen LogP contribution in [0.5, 0.6) is 0 Å². The molecule has 0 aromatic rings. The second-order valence-electron chi connectivity index (χ2n) is 17.5. The molecule has 0 aliphatic heterocycles. The molecule has 1 amide bonds. The number of unbranched alkanes of at least 4 members (excludes halogenated alkanes) is 26. The first-order chi connectivity index (χ1) is 27.5. The van der Waals surface area contributed by atoms with E-state index in [4.69, 9.17) is 9.05 Å². The first-order valence-electron chi connectivity index (χ1n) is 23.9. The van der Waals surface area contributed by atoms with E-state index in [1.807, 2.05) is 27.2 Å². The standard InChI is InChI=1S/C48H93N2O6P/c1-6-8-10-12-14-16-17-18-19-20-21-22-23-24-25-26-27-28-29-30-31-32-33-34-36-38-40-42-48(52)49-46(45-56-57(53,54)55-44-43-50(3,4)5)47(51)41-39-37-35-15-13-11-9-7-2/h13,15,20-21,39,41,46-47,51H,6-12,14,16-19,22-38,40,42-45H2,1-5H3,(H-,49,52,53,54)/p+1/b15-13+,21-20-,41-39+. The van der Waals surface area contributed by atoms with Crippen molar-refractivity contribution in [2.24, 2.45) is 0 Å². The number of aliphatic hydroxyl groups excluding tert-OH is 1. The molecule has 3 N–H and O–H groups in total. The summed E-state index contributed by atoms with van der Waals surface area (Å²) < 4.78 is 23.5. The smallest absolute Gasteiger partial charge is 0.387 e. The lowest BCUT2D eigenvalue weighted by Crippen LogP contribution is -2.45. The molecule has 0 spiro atoms. The van der Waals surface area contributed by atoms with Crippen molar-refractivity contribution in [2.45, 2.75) is 225 Å². The second-order valence-corrected chi connectivity index (χ2v) is 18.9. The van der Waals surface area contributed by atoms with E-state index in [2.05, 4.69) is 43.5 Å². The molecule has 0 aromatic heterocycles. The van der Waals surface area contributed by atoms with Gasteiger partial charge in [-0.15, -0.1) is 0 Å². The highest BCUT2D eigenvalue weighted by molar-refractivity contribution is 7.47. The van der Waals surface area contributed by atoms with Gasteiger partial charge in [-0.25, -0.2) is 4.57 Å². The first kappa shape index (κ1) is 55.7. The summed E-state index contributed by atoms with van der Waals surface area (Å²) in [5.74, 6) is -0.189. The van der Waals surface area contributed by atoms with Crippen LogP contribution in [0.15, 0.2) is 36.5 Å². The first-order valence-corrected chi connectivity index (χ1v) is 25.4. The van der Waals surface area contributed by atoms with Gasteiger partial charge in [0.05, 0.1) is 39.9 Å². The normalized spacial score (nSPS) is 14.6. The summed E-state index contributed by atoms with van der Waals surface area (Å²) in [5, 5.41) is 13.7. The van der Waals surface area contributed by atoms with Crippen LogP contribution >= 0.6 is 7.82 Å². The highest BCUT2D eigenvalue weighted by Gasteiger charge is 2.27. The third-order valence-corrected chi connectivity index (χ3v) is 11.6. The Labute approximate surface area is 353 Å². The lowest BCUT2D eigenvalue weighted by molar-refractivity contribution is -0.870. The third-order valence-electron chi connectivity index (χ3n) is 10.6. The van der Waals surface area contributed by atoms with E-state index in [0.29, 0.717) is 17.4 Å². The van der Waals surface area contributed by atoms with Crippen molar-refractivity contribution in [1.82, 2.24) is 5.32 Å². The lowest BCUT2D eigenvalue weighted by Gasteiger charge is -2.25. The van der Waals surface area contributed by atoms with E-state index < -0.39 is 20.0 Å². The predicted octanol–water partition coefficient (Wildman–Crippen LogP) is 13.5. The molecule has 0 aromatic carbocycles. The van der Waals surface area contributed by atoms with Gasteiger partial charge in [0.15, 0.2) is 0 Å². The maximum absolute atomic E-state index is 12.8. The third kappa shape index (κ3) is 42.6. The van der Waals surface area contributed by atoms with E-state index in [0.717, 1.165) is 38.5 Å². The summed E-state index contributed by atoms with van der Waals surface area (Å²) in [5.41, 5.74) is 0. The number of rotatable bonds is 43. The van der Waals surface area contributed by atoms with Crippen molar-refractivity contribution >= 4 is 13.7 Å². The molecule has 0 aliphatic rings. The Morgan fingerprint density at radius 2 is 0.982 bits per heavy atom. The Kier molecular flexibility index (Phi) is 39.2. The SMILES string of the molecule is CCCC/C=C/CC/C=C/C(O)C(COP(=O)(O)OCC[N+](C)(C)C)NC(=O)CCCCCCCCCCCCCCCCC/C=C\CCCCCCCCCC. The Bertz CT molecular complexity index is 1030. The van der Waals surface area contributed by atoms with E-state index in [-0.39, 0.29) is 19.1 Å². The molecule has 0 heterocycles. The molecule has 0 saturated carbocycles. The molecule has 0 aliphatic carbocycles. The van der Waals surface area contributed by atoms with Gasteiger partial charge in [0.1, 0.15) is 13.2 Å². The number of hydrogen-bond donors (Lipinski definition) is 3. The maximum atomic E-state index is 12.8. The number of phosphoric acid groups is 1. The van der Waals surface area contributed by atoms with Crippen molar-refractivity contribution in [3.8, 4) is 0 Å². The van der Waals surface area contributed by atoms with Gasteiger partial charge in [0.25, 0.3) is 0 Å². The number of hydrogen-bond acceptors (Lipinski definition) is 5. The number of phosphoric ester groups is 1. The Hall–Kier alpha value is -1.28. The van der Waals surface area contributed by atoms with Gasteiger partial charge >= 0.3 is 7.82 Å².